The molecule has 0 unspecified atom stereocenters. The van der Waals surface area contributed by atoms with E-state index in [1.807, 2.05) is 66.3 Å². The van der Waals surface area contributed by atoms with Gasteiger partial charge in [0.25, 0.3) is 0 Å². The van der Waals surface area contributed by atoms with E-state index in [1.54, 1.807) is 0 Å². The van der Waals surface area contributed by atoms with Crippen molar-refractivity contribution < 1.29 is 0 Å². The second-order valence-corrected chi connectivity index (χ2v) is 5.34. The molecule has 3 aromatic rings. The Labute approximate surface area is 127 Å². The molecule has 20 heavy (non-hydrogen) atoms. The van der Waals surface area contributed by atoms with Crippen LogP contribution in [-0.2, 0) is 7.05 Å². The smallest absolute Gasteiger partial charge is 0.143 e. The number of halogens is 2. The Morgan fingerprint density at radius 3 is 2.20 bits per heavy atom. The van der Waals surface area contributed by atoms with Crippen LogP contribution in [0.3, 0.4) is 0 Å². The maximum Gasteiger partial charge on any atom is 0.143 e. The summed E-state index contributed by atoms with van der Waals surface area (Å²) in [5.41, 5.74) is 2.73. The molecule has 0 saturated heterocycles. The number of hydrogen-bond acceptors (Lipinski definition) is 1. The SMILES string of the molecule is Cn1cc(-c2ccccc2)nc1-c1c(Cl)cccc1Cl. The Balaban J connectivity index is 2.15. The molecule has 2 nitrogen and oxygen atoms in total. The number of rotatable bonds is 2. The monoisotopic (exact) mass is 302 g/mol. The van der Waals surface area contributed by atoms with Gasteiger partial charge < -0.3 is 4.57 Å². The predicted octanol–water partition coefficient (Wildman–Crippen LogP) is 5.06. The van der Waals surface area contributed by atoms with E-state index >= 15 is 0 Å². The highest BCUT2D eigenvalue weighted by molar-refractivity contribution is 6.39. The first kappa shape index (κ1) is 13.2. The van der Waals surface area contributed by atoms with Crippen molar-refractivity contribution in [3.8, 4) is 22.6 Å². The van der Waals surface area contributed by atoms with Crippen molar-refractivity contribution in [3.05, 3.63) is 64.8 Å². The van der Waals surface area contributed by atoms with Crippen LogP contribution in [0, 0.1) is 0 Å². The molecule has 100 valence electrons. The average Bonchev–Trinajstić information content (AvgIpc) is 2.82. The number of imidazole rings is 1. The van der Waals surface area contributed by atoms with Crippen LogP contribution < -0.4 is 0 Å². The second kappa shape index (κ2) is 5.31. The van der Waals surface area contributed by atoms with E-state index in [0.29, 0.717) is 10.0 Å². The van der Waals surface area contributed by atoms with E-state index in [4.69, 9.17) is 23.2 Å². The third-order valence-electron chi connectivity index (χ3n) is 3.13. The van der Waals surface area contributed by atoms with Crippen LogP contribution in [0.25, 0.3) is 22.6 Å². The van der Waals surface area contributed by atoms with Crippen molar-refractivity contribution in [2.45, 2.75) is 0 Å². The summed E-state index contributed by atoms with van der Waals surface area (Å²) < 4.78 is 1.94. The summed E-state index contributed by atoms with van der Waals surface area (Å²) in [5, 5.41) is 1.21. The molecule has 0 fully saturated rings. The molecule has 0 aliphatic rings. The van der Waals surface area contributed by atoms with Crippen LogP contribution >= 0.6 is 23.2 Å². The summed E-state index contributed by atoms with van der Waals surface area (Å²) in [4.78, 5) is 4.67. The number of nitrogens with zero attached hydrogens (tertiary/aromatic N) is 2. The average molecular weight is 303 g/mol. The van der Waals surface area contributed by atoms with E-state index in [-0.39, 0.29) is 0 Å². The van der Waals surface area contributed by atoms with E-state index in [0.717, 1.165) is 22.6 Å². The van der Waals surface area contributed by atoms with E-state index in [9.17, 15) is 0 Å². The summed E-state index contributed by atoms with van der Waals surface area (Å²) in [6, 6.07) is 15.5. The van der Waals surface area contributed by atoms with Crippen molar-refractivity contribution in [1.82, 2.24) is 9.55 Å². The van der Waals surface area contributed by atoms with Crippen LogP contribution in [0.1, 0.15) is 0 Å². The molecule has 3 rings (SSSR count). The maximum absolute atomic E-state index is 6.25. The topological polar surface area (TPSA) is 17.8 Å². The highest BCUT2D eigenvalue weighted by atomic mass is 35.5. The zero-order valence-corrected chi connectivity index (χ0v) is 12.4. The Morgan fingerprint density at radius 2 is 1.55 bits per heavy atom. The van der Waals surface area contributed by atoms with Crippen molar-refractivity contribution in [3.63, 3.8) is 0 Å². The lowest BCUT2D eigenvalue weighted by Gasteiger charge is -2.06. The van der Waals surface area contributed by atoms with Crippen LogP contribution in [0.2, 0.25) is 10.0 Å². The standard InChI is InChI=1S/C16H12Cl2N2/c1-20-10-14(11-6-3-2-4-7-11)19-16(20)15-12(17)8-5-9-13(15)18/h2-10H,1H3. The van der Waals surface area contributed by atoms with Crippen molar-refractivity contribution >= 4 is 23.2 Å². The van der Waals surface area contributed by atoms with Gasteiger partial charge in [-0.05, 0) is 12.1 Å². The zero-order valence-electron chi connectivity index (χ0n) is 10.8. The molecule has 0 bridgehead atoms. The molecule has 0 spiro atoms. The highest BCUT2D eigenvalue weighted by Gasteiger charge is 2.15. The van der Waals surface area contributed by atoms with Crippen LogP contribution in [0.4, 0.5) is 0 Å². The third kappa shape index (κ3) is 2.33. The number of aryl methyl sites for hydroxylation is 1. The van der Waals surface area contributed by atoms with Gasteiger partial charge in [0.05, 0.1) is 21.3 Å². The Hall–Kier alpha value is -1.77. The number of aromatic nitrogens is 2. The molecule has 1 aromatic heterocycles. The Morgan fingerprint density at radius 1 is 0.900 bits per heavy atom. The first-order valence-corrected chi connectivity index (χ1v) is 6.95. The molecule has 0 atom stereocenters. The highest BCUT2D eigenvalue weighted by Crippen LogP contribution is 2.34. The van der Waals surface area contributed by atoms with Crippen molar-refractivity contribution in [2.75, 3.05) is 0 Å². The van der Waals surface area contributed by atoms with Gasteiger partial charge in [-0.2, -0.15) is 0 Å². The van der Waals surface area contributed by atoms with E-state index in [2.05, 4.69) is 4.98 Å². The first-order chi connectivity index (χ1) is 9.66. The number of hydrogen-bond donors (Lipinski definition) is 0. The molecule has 0 radical (unpaired) electrons. The van der Waals surface area contributed by atoms with E-state index in [1.165, 1.54) is 0 Å². The minimum Gasteiger partial charge on any atom is -0.333 e. The number of benzene rings is 2. The molecular weight excluding hydrogens is 291 g/mol. The molecule has 0 amide bonds. The summed E-state index contributed by atoms with van der Waals surface area (Å²) in [5.74, 6) is 0.763. The van der Waals surface area contributed by atoms with Gasteiger partial charge in [-0.25, -0.2) is 4.98 Å². The van der Waals surface area contributed by atoms with Gasteiger partial charge in [0.1, 0.15) is 5.82 Å². The summed E-state index contributed by atoms with van der Waals surface area (Å²) in [6.07, 6.45) is 1.98. The molecule has 0 aliphatic carbocycles. The van der Waals surface area contributed by atoms with Gasteiger partial charge in [-0.3, -0.25) is 0 Å². The molecule has 0 saturated carbocycles. The van der Waals surface area contributed by atoms with Gasteiger partial charge in [-0.15, -0.1) is 0 Å². The molecule has 1 heterocycles. The largest absolute Gasteiger partial charge is 0.333 e. The lowest BCUT2D eigenvalue weighted by molar-refractivity contribution is 0.925. The van der Waals surface area contributed by atoms with Gasteiger partial charge >= 0.3 is 0 Å². The zero-order chi connectivity index (χ0) is 14.1. The maximum atomic E-state index is 6.25. The van der Waals surface area contributed by atoms with Gasteiger partial charge in [-0.1, -0.05) is 59.6 Å². The normalized spacial score (nSPS) is 10.8. The summed E-state index contributed by atoms with van der Waals surface area (Å²) in [6.45, 7) is 0. The minimum atomic E-state index is 0.603. The second-order valence-electron chi connectivity index (χ2n) is 4.52. The lowest BCUT2D eigenvalue weighted by atomic mass is 10.2. The Kier molecular flexibility index (Phi) is 3.51. The molecule has 0 N–H and O–H groups in total. The first-order valence-electron chi connectivity index (χ1n) is 6.20. The molecule has 2 aromatic carbocycles. The summed E-state index contributed by atoms with van der Waals surface area (Å²) >= 11 is 12.5. The molecule has 4 heteroatoms. The summed E-state index contributed by atoms with van der Waals surface area (Å²) in [7, 11) is 1.94. The van der Waals surface area contributed by atoms with Gasteiger partial charge in [0, 0.05) is 18.8 Å². The fourth-order valence-electron chi connectivity index (χ4n) is 2.16. The van der Waals surface area contributed by atoms with Gasteiger partial charge in [0.2, 0.25) is 0 Å². The van der Waals surface area contributed by atoms with Gasteiger partial charge in [0.15, 0.2) is 0 Å². The van der Waals surface area contributed by atoms with Crippen molar-refractivity contribution in [2.24, 2.45) is 7.05 Å². The predicted molar refractivity (Wildman–Crippen MR) is 84.1 cm³/mol. The van der Waals surface area contributed by atoms with Crippen LogP contribution in [0.15, 0.2) is 54.7 Å². The minimum absolute atomic E-state index is 0.603. The van der Waals surface area contributed by atoms with Crippen molar-refractivity contribution in [1.29, 1.82) is 0 Å². The quantitative estimate of drug-likeness (QED) is 0.647. The third-order valence-corrected chi connectivity index (χ3v) is 3.76. The van der Waals surface area contributed by atoms with Crippen LogP contribution in [0.5, 0.6) is 0 Å². The molecular formula is C16H12Cl2N2. The van der Waals surface area contributed by atoms with Crippen LogP contribution in [-0.4, -0.2) is 9.55 Å². The van der Waals surface area contributed by atoms with E-state index < -0.39 is 0 Å². The fourth-order valence-corrected chi connectivity index (χ4v) is 2.72. The fraction of sp³-hybridized carbons (Fsp3) is 0.0625. The lowest BCUT2D eigenvalue weighted by Crippen LogP contribution is -1.92. The Bertz CT molecular complexity index is 728. The molecule has 0 aliphatic heterocycles.